The van der Waals surface area contributed by atoms with Crippen LogP contribution in [-0.2, 0) is 9.84 Å². The number of nitrogens with one attached hydrogen (secondary N) is 1. The number of halogens is 2. The zero-order valence-corrected chi connectivity index (χ0v) is 13.5. The molecule has 1 heterocycles. The van der Waals surface area contributed by atoms with Gasteiger partial charge in [-0.2, -0.15) is 8.78 Å². The topological polar surface area (TPSA) is 49.4 Å². The molecule has 1 saturated heterocycles. The van der Waals surface area contributed by atoms with Crippen molar-refractivity contribution in [3.63, 3.8) is 0 Å². The van der Waals surface area contributed by atoms with Gasteiger partial charge in [0.1, 0.15) is 0 Å². The molecule has 0 aromatic heterocycles. The van der Waals surface area contributed by atoms with Gasteiger partial charge in [-0.25, -0.2) is 8.42 Å². The molecule has 1 aliphatic heterocycles. The number of hydrogen-bond donors (Lipinski definition) is 1. The van der Waals surface area contributed by atoms with Crippen LogP contribution in [0.2, 0.25) is 0 Å². The summed E-state index contributed by atoms with van der Waals surface area (Å²) in [5.41, 5.74) is 0.884. The first-order chi connectivity index (χ1) is 10.4. The molecule has 124 valence electrons. The molecule has 0 atom stereocenters. The van der Waals surface area contributed by atoms with Gasteiger partial charge in [-0.15, -0.1) is 0 Å². The molecule has 7 heteroatoms. The van der Waals surface area contributed by atoms with Gasteiger partial charge in [0.05, 0.1) is 4.90 Å². The zero-order chi connectivity index (χ0) is 16.2. The Balaban J connectivity index is 1.98. The highest BCUT2D eigenvalue weighted by Crippen LogP contribution is 2.25. The van der Waals surface area contributed by atoms with Crippen LogP contribution in [0.1, 0.15) is 19.8 Å². The largest absolute Gasteiger partial charge is 0.372 e. The van der Waals surface area contributed by atoms with Gasteiger partial charge in [0, 0.05) is 18.8 Å². The van der Waals surface area contributed by atoms with E-state index in [0.29, 0.717) is 5.92 Å². The Morgan fingerprint density at radius 1 is 1.23 bits per heavy atom. The molecule has 0 radical (unpaired) electrons. The standard InChI is InChI=1S/C15H22F2N2O2S/c1-2-18-11-12-7-9-19(10-8-12)13-3-5-14(6-4-13)22(20,21)15(16)17/h3-6,12,15,18H,2,7-11H2,1H3. The minimum atomic E-state index is -4.50. The number of alkyl halides is 2. The number of hydrogen-bond acceptors (Lipinski definition) is 4. The highest BCUT2D eigenvalue weighted by Gasteiger charge is 2.26. The van der Waals surface area contributed by atoms with E-state index in [-0.39, 0.29) is 4.90 Å². The average molecular weight is 332 g/mol. The molecular formula is C15H22F2N2O2S. The van der Waals surface area contributed by atoms with Gasteiger partial charge in [-0.3, -0.25) is 0 Å². The fraction of sp³-hybridized carbons (Fsp3) is 0.600. The maximum Gasteiger partial charge on any atom is 0.341 e. The molecule has 4 nitrogen and oxygen atoms in total. The third-order valence-electron chi connectivity index (χ3n) is 4.06. The van der Waals surface area contributed by atoms with Crippen LogP contribution in [0, 0.1) is 5.92 Å². The van der Waals surface area contributed by atoms with Crippen molar-refractivity contribution < 1.29 is 17.2 Å². The summed E-state index contributed by atoms with van der Waals surface area (Å²) >= 11 is 0. The summed E-state index contributed by atoms with van der Waals surface area (Å²) in [5, 5.41) is 3.35. The van der Waals surface area contributed by atoms with Crippen molar-refractivity contribution in [3.8, 4) is 0 Å². The molecule has 1 aromatic rings. The Bertz CT molecular complexity index is 568. The van der Waals surface area contributed by atoms with Crippen LogP contribution in [0.25, 0.3) is 0 Å². The van der Waals surface area contributed by atoms with Gasteiger partial charge in [0.25, 0.3) is 0 Å². The first-order valence-corrected chi connectivity index (χ1v) is 9.07. The van der Waals surface area contributed by atoms with Gasteiger partial charge in [0.15, 0.2) is 0 Å². The van der Waals surface area contributed by atoms with E-state index < -0.39 is 15.6 Å². The number of benzene rings is 1. The van der Waals surface area contributed by atoms with E-state index in [1.165, 1.54) is 12.1 Å². The molecule has 0 bridgehead atoms. The van der Waals surface area contributed by atoms with E-state index in [2.05, 4.69) is 17.1 Å². The summed E-state index contributed by atoms with van der Waals surface area (Å²) in [6.45, 7) is 5.88. The maximum atomic E-state index is 12.5. The van der Waals surface area contributed by atoms with Gasteiger partial charge in [0.2, 0.25) is 9.84 Å². The number of piperidine rings is 1. The second-order valence-electron chi connectivity index (χ2n) is 5.54. The van der Waals surface area contributed by atoms with Crippen molar-refractivity contribution in [1.82, 2.24) is 5.32 Å². The Hall–Kier alpha value is -1.21. The number of sulfone groups is 1. The van der Waals surface area contributed by atoms with Crippen LogP contribution >= 0.6 is 0 Å². The van der Waals surface area contributed by atoms with Crippen LogP contribution < -0.4 is 10.2 Å². The molecule has 0 spiro atoms. The molecule has 1 aliphatic rings. The fourth-order valence-electron chi connectivity index (χ4n) is 2.69. The Kier molecular flexibility index (Phi) is 5.74. The number of rotatable bonds is 6. The van der Waals surface area contributed by atoms with E-state index in [9.17, 15) is 17.2 Å². The van der Waals surface area contributed by atoms with Crippen LogP contribution in [0.3, 0.4) is 0 Å². The molecule has 1 N–H and O–H groups in total. The molecular weight excluding hydrogens is 310 g/mol. The van der Waals surface area contributed by atoms with Crippen molar-refractivity contribution in [1.29, 1.82) is 0 Å². The zero-order valence-electron chi connectivity index (χ0n) is 12.6. The maximum absolute atomic E-state index is 12.5. The van der Waals surface area contributed by atoms with Crippen LogP contribution in [-0.4, -0.2) is 40.4 Å². The third-order valence-corrected chi connectivity index (χ3v) is 5.46. The first kappa shape index (κ1) is 17.1. The number of nitrogens with zero attached hydrogens (tertiary/aromatic N) is 1. The summed E-state index contributed by atoms with van der Waals surface area (Å²) < 4.78 is 47.8. The lowest BCUT2D eigenvalue weighted by molar-refractivity contribution is 0.234. The Morgan fingerprint density at radius 2 is 1.82 bits per heavy atom. The first-order valence-electron chi connectivity index (χ1n) is 7.53. The molecule has 0 unspecified atom stereocenters. The predicted octanol–water partition coefficient (Wildman–Crippen LogP) is 2.51. The molecule has 0 amide bonds. The molecule has 0 saturated carbocycles. The van der Waals surface area contributed by atoms with E-state index in [0.717, 1.165) is 44.7 Å². The lowest BCUT2D eigenvalue weighted by Crippen LogP contribution is -2.37. The third kappa shape index (κ3) is 3.95. The van der Waals surface area contributed by atoms with E-state index in [1.54, 1.807) is 12.1 Å². The lowest BCUT2D eigenvalue weighted by Gasteiger charge is -2.33. The van der Waals surface area contributed by atoms with Crippen molar-refractivity contribution >= 4 is 15.5 Å². The Labute approximate surface area is 130 Å². The van der Waals surface area contributed by atoms with Gasteiger partial charge >= 0.3 is 5.76 Å². The molecule has 0 aliphatic carbocycles. The minimum absolute atomic E-state index is 0.326. The van der Waals surface area contributed by atoms with Crippen molar-refractivity contribution in [2.24, 2.45) is 5.92 Å². The Morgan fingerprint density at radius 3 is 2.32 bits per heavy atom. The smallest absolute Gasteiger partial charge is 0.341 e. The second kappa shape index (κ2) is 7.37. The van der Waals surface area contributed by atoms with Gasteiger partial charge in [-0.1, -0.05) is 6.92 Å². The highest BCUT2D eigenvalue weighted by molar-refractivity contribution is 7.91. The summed E-state index contributed by atoms with van der Waals surface area (Å²) in [6.07, 6.45) is 2.15. The highest BCUT2D eigenvalue weighted by atomic mass is 32.2. The predicted molar refractivity (Wildman–Crippen MR) is 83.1 cm³/mol. The molecule has 1 aromatic carbocycles. The fourth-order valence-corrected chi connectivity index (χ4v) is 3.41. The van der Waals surface area contributed by atoms with Crippen LogP contribution in [0.5, 0.6) is 0 Å². The van der Waals surface area contributed by atoms with Crippen molar-refractivity contribution in [3.05, 3.63) is 24.3 Å². The van der Waals surface area contributed by atoms with E-state index >= 15 is 0 Å². The van der Waals surface area contributed by atoms with Crippen molar-refractivity contribution in [2.75, 3.05) is 31.1 Å². The lowest BCUT2D eigenvalue weighted by atomic mass is 9.96. The minimum Gasteiger partial charge on any atom is -0.372 e. The quantitative estimate of drug-likeness (QED) is 0.870. The average Bonchev–Trinajstić information content (AvgIpc) is 2.53. The van der Waals surface area contributed by atoms with E-state index in [4.69, 9.17) is 0 Å². The summed E-state index contributed by atoms with van der Waals surface area (Å²) in [4.78, 5) is 1.84. The summed E-state index contributed by atoms with van der Waals surface area (Å²) in [7, 11) is -4.50. The summed E-state index contributed by atoms with van der Waals surface area (Å²) in [5.74, 6) is -2.71. The second-order valence-corrected chi connectivity index (χ2v) is 7.46. The SMILES string of the molecule is CCNCC1CCN(c2ccc(S(=O)(=O)C(F)F)cc2)CC1. The number of anilines is 1. The van der Waals surface area contributed by atoms with Gasteiger partial charge < -0.3 is 10.2 Å². The monoisotopic (exact) mass is 332 g/mol. The molecule has 22 heavy (non-hydrogen) atoms. The normalized spacial score (nSPS) is 17.2. The van der Waals surface area contributed by atoms with Crippen LogP contribution in [0.4, 0.5) is 14.5 Å². The van der Waals surface area contributed by atoms with Crippen LogP contribution in [0.15, 0.2) is 29.2 Å². The summed E-state index contributed by atoms with van der Waals surface area (Å²) in [6, 6.07) is 5.75. The van der Waals surface area contributed by atoms with Crippen molar-refractivity contribution in [2.45, 2.75) is 30.4 Å². The molecule has 2 rings (SSSR count). The van der Waals surface area contributed by atoms with Gasteiger partial charge in [-0.05, 0) is 56.1 Å². The van der Waals surface area contributed by atoms with E-state index in [1.807, 2.05) is 0 Å². The molecule has 1 fully saturated rings.